The van der Waals surface area contributed by atoms with Crippen molar-refractivity contribution in [3.05, 3.63) is 54.7 Å². The smallest absolute Gasteiger partial charge is 0.309 e. The summed E-state index contributed by atoms with van der Waals surface area (Å²) in [5.74, 6) is 0.659. The van der Waals surface area contributed by atoms with Crippen LogP contribution in [0.25, 0.3) is 0 Å². The summed E-state index contributed by atoms with van der Waals surface area (Å²) in [7, 11) is 0. The standard InChI is InChI=1S/C16H22ClIO3.C14H19IO3/c1-11(15(19)21-16(2,3)4)9-12-10-13(20-8-7-17)5-6-14(12)18;1-9(13(17)18-14(2,3)4)7-10-8-11(16)5-6-12(10)15/h5-6,10-11H,7-9H2,1-4H3;5-6,8-9,16H,7H2,1-4H3. The highest BCUT2D eigenvalue weighted by atomic mass is 127. The molecule has 2 aromatic rings. The van der Waals surface area contributed by atoms with Gasteiger partial charge in [-0.25, -0.2) is 0 Å². The summed E-state index contributed by atoms with van der Waals surface area (Å²) in [6.45, 7) is 15.4. The Morgan fingerprint density at radius 3 is 1.69 bits per heavy atom. The van der Waals surface area contributed by atoms with Crippen LogP contribution < -0.4 is 4.74 Å². The number of benzene rings is 2. The molecule has 9 heteroatoms. The highest BCUT2D eigenvalue weighted by Crippen LogP contribution is 2.24. The molecule has 0 aliphatic carbocycles. The van der Waals surface area contributed by atoms with Gasteiger partial charge in [0.05, 0.1) is 17.7 Å². The number of rotatable bonds is 9. The second-order valence-corrected chi connectivity index (χ2v) is 14.0. The molecule has 0 spiro atoms. The first kappa shape index (κ1) is 35.8. The second kappa shape index (κ2) is 16.2. The number of aromatic hydroxyl groups is 1. The molecule has 0 saturated carbocycles. The predicted molar refractivity (Wildman–Crippen MR) is 174 cm³/mol. The molecule has 6 nitrogen and oxygen atoms in total. The van der Waals surface area contributed by atoms with E-state index in [4.69, 9.17) is 25.8 Å². The van der Waals surface area contributed by atoms with Crippen LogP contribution in [0.15, 0.2) is 36.4 Å². The van der Waals surface area contributed by atoms with Crippen molar-refractivity contribution in [1.29, 1.82) is 0 Å². The Morgan fingerprint density at radius 2 is 1.26 bits per heavy atom. The van der Waals surface area contributed by atoms with Gasteiger partial charge >= 0.3 is 11.9 Å². The number of carbonyl (C=O) groups excluding carboxylic acids is 2. The summed E-state index contributed by atoms with van der Waals surface area (Å²) in [4.78, 5) is 23.9. The molecule has 2 unspecified atom stereocenters. The lowest BCUT2D eigenvalue weighted by molar-refractivity contribution is -0.160. The molecule has 2 aromatic carbocycles. The molecule has 1 N–H and O–H groups in total. The molecule has 0 aliphatic rings. The second-order valence-electron chi connectivity index (χ2n) is 11.3. The molecule has 218 valence electrons. The van der Waals surface area contributed by atoms with Crippen molar-refractivity contribution < 1.29 is 28.9 Å². The van der Waals surface area contributed by atoms with Crippen molar-refractivity contribution in [3.8, 4) is 11.5 Å². The van der Waals surface area contributed by atoms with Crippen LogP contribution in [0.5, 0.6) is 11.5 Å². The minimum atomic E-state index is -0.461. The van der Waals surface area contributed by atoms with E-state index in [0.29, 0.717) is 25.3 Å². The van der Waals surface area contributed by atoms with Crippen molar-refractivity contribution in [1.82, 2.24) is 0 Å². The lowest BCUT2D eigenvalue weighted by Crippen LogP contribution is -2.28. The highest BCUT2D eigenvalue weighted by Gasteiger charge is 2.23. The van der Waals surface area contributed by atoms with Gasteiger partial charge in [-0.3, -0.25) is 9.59 Å². The number of ether oxygens (including phenoxy) is 3. The maximum Gasteiger partial charge on any atom is 0.309 e. The van der Waals surface area contributed by atoms with Crippen LogP contribution >= 0.6 is 56.8 Å². The van der Waals surface area contributed by atoms with E-state index >= 15 is 0 Å². The number of hydrogen-bond acceptors (Lipinski definition) is 6. The fourth-order valence-corrected chi connectivity index (χ4v) is 4.49. The van der Waals surface area contributed by atoms with E-state index in [9.17, 15) is 14.7 Å². The number of carbonyl (C=O) groups is 2. The highest BCUT2D eigenvalue weighted by molar-refractivity contribution is 14.1. The molecule has 2 rings (SSSR count). The number of halogens is 3. The quantitative estimate of drug-likeness (QED) is 0.158. The predicted octanol–water partition coefficient (Wildman–Crippen LogP) is 7.95. The van der Waals surface area contributed by atoms with Crippen molar-refractivity contribution in [2.24, 2.45) is 11.8 Å². The zero-order valence-corrected chi connectivity index (χ0v) is 29.1. The maximum absolute atomic E-state index is 12.1. The van der Waals surface area contributed by atoms with Crippen LogP contribution in [0, 0.1) is 19.0 Å². The van der Waals surface area contributed by atoms with Crippen molar-refractivity contribution in [2.45, 2.75) is 79.4 Å². The van der Waals surface area contributed by atoms with Gasteiger partial charge in [-0.1, -0.05) is 13.8 Å². The number of phenols is 1. The van der Waals surface area contributed by atoms with Gasteiger partial charge in [0, 0.05) is 7.14 Å². The molecule has 0 radical (unpaired) electrons. The van der Waals surface area contributed by atoms with Gasteiger partial charge in [0.2, 0.25) is 0 Å². The molecule has 0 bridgehead atoms. The summed E-state index contributed by atoms with van der Waals surface area (Å²) in [5, 5.41) is 9.46. The Hall–Kier alpha value is -1.27. The number of phenolic OH excluding ortho intramolecular Hbond substituents is 1. The molecular weight excluding hydrogens is 746 g/mol. The molecule has 0 heterocycles. The van der Waals surface area contributed by atoms with Gasteiger partial charge in [-0.15, -0.1) is 11.6 Å². The fraction of sp³-hybridized carbons (Fsp3) is 0.533. The molecule has 0 fully saturated rings. The van der Waals surface area contributed by atoms with Crippen LogP contribution in [0.1, 0.15) is 66.5 Å². The lowest BCUT2D eigenvalue weighted by atomic mass is 10.0. The van der Waals surface area contributed by atoms with Crippen LogP contribution in [-0.2, 0) is 31.9 Å². The van der Waals surface area contributed by atoms with Gasteiger partial charge < -0.3 is 19.3 Å². The van der Waals surface area contributed by atoms with Crippen molar-refractivity contribution >= 4 is 68.7 Å². The van der Waals surface area contributed by atoms with Crippen LogP contribution in [-0.4, -0.2) is 40.7 Å². The summed E-state index contributed by atoms with van der Waals surface area (Å²) in [5.41, 5.74) is 1.14. The molecule has 39 heavy (non-hydrogen) atoms. The first-order valence-electron chi connectivity index (χ1n) is 12.8. The molecule has 0 saturated heterocycles. The summed E-state index contributed by atoms with van der Waals surface area (Å²) >= 11 is 10.1. The van der Waals surface area contributed by atoms with Crippen LogP contribution in [0.4, 0.5) is 0 Å². The minimum absolute atomic E-state index is 0.176. The van der Waals surface area contributed by atoms with Gasteiger partial charge in [0.1, 0.15) is 29.3 Å². The van der Waals surface area contributed by atoms with Crippen LogP contribution in [0.3, 0.4) is 0 Å². The Kier molecular flexibility index (Phi) is 14.9. The number of hydrogen-bond donors (Lipinski definition) is 1. The third-order valence-electron chi connectivity index (χ3n) is 5.06. The normalized spacial score (nSPS) is 13.0. The molecule has 0 aliphatic heterocycles. The van der Waals surface area contributed by atoms with E-state index in [2.05, 4.69) is 45.2 Å². The lowest BCUT2D eigenvalue weighted by Gasteiger charge is -2.22. The molecule has 2 atom stereocenters. The summed E-state index contributed by atoms with van der Waals surface area (Å²) in [6.07, 6.45) is 1.20. The molecular formula is C30H41ClI2O6. The Balaban J connectivity index is 0.000000395. The van der Waals surface area contributed by atoms with E-state index in [1.165, 1.54) is 0 Å². The van der Waals surface area contributed by atoms with Crippen LogP contribution in [0.2, 0.25) is 0 Å². The monoisotopic (exact) mass is 786 g/mol. The maximum atomic E-state index is 12.1. The topological polar surface area (TPSA) is 82.1 Å². The number of esters is 2. The third-order valence-corrected chi connectivity index (χ3v) is 7.32. The van der Waals surface area contributed by atoms with Gasteiger partial charge in [-0.05, 0) is 147 Å². The largest absolute Gasteiger partial charge is 0.508 e. The van der Waals surface area contributed by atoms with Crippen molar-refractivity contribution in [3.63, 3.8) is 0 Å². The average Bonchev–Trinajstić information content (AvgIpc) is 2.80. The minimum Gasteiger partial charge on any atom is -0.508 e. The Bertz CT molecular complexity index is 1090. The van der Waals surface area contributed by atoms with Gasteiger partial charge in [-0.2, -0.15) is 0 Å². The third kappa shape index (κ3) is 14.8. The first-order chi connectivity index (χ1) is 17.9. The Labute approximate surface area is 265 Å². The molecule has 0 amide bonds. The zero-order chi connectivity index (χ0) is 30.0. The first-order valence-corrected chi connectivity index (χ1v) is 15.5. The summed E-state index contributed by atoms with van der Waals surface area (Å²) < 4.78 is 18.4. The number of alkyl halides is 1. The SMILES string of the molecule is CC(Cc1cc(O)ccc1I)C(=O)OC(C)(C)C.CC(Cc1cc(OCCCl)ccc1I)C(=O)OC(C)(C)C. The van der Waals surface area contributed by atoms with E-state index in [-0.39, 0.29) is 29.5 Å². The Morgan fingerprint density at radius 1 is 0.821 bits per heavy atom. The van der Waals surface area contributed by atoms with E-state index in [0.717, 1.165) is 24.0 Å². The van der Waals surface area contributed by atoms with E-state index in [1.54, 1.807) is 12.1 Å². The van der Waals surface area contributed by atoms with Gasteiger partial charge in [0.25, 0.3) is 0 Å². The van der Waals surface area contributed by atoms with E-state index in [1.807, 2.05) is 79.7 Å². The zero-order valence-electron chi connectivity index (χ0n) is 24.1. The van der Waals surface area contributed by atoms with Gasteiger partial charge in [0.15, 0.2) is 0 Å². The van der Waals surface area contributed by atoms with Crippen molar-refractivity contribution in [2.75, 3.05) is 12.5 Å². The average molecular weight is 787 g/mol. The fourth-order valence-electron chi connectivity index (χ4n) is 3.30. The summed E-state index contributed by atoms with van der Waals surface area (Å²) in [6, 6.07) is 11.0. The molecule has 0 aromatic heterocycles. The van der Waals surface area contributed by atoms with E-state index < -0.39 is 11.2 Å².